The number of hydrogen-bond acceptors (Lipinski definition) is 17. The average Bonchev–Trinajstić information content (AvgIpc) is 4.02. The molecule has 0 bridgehead atoms. The normalized spacial score (nSPS) is 39.5. The van der Waals surface area contributed by atoms with E-state index in [0.29, 0.717) is 48.0 Å². The predicted molar refractivity (Wildman–Crippen MR) is 320 cm³/mol. The van der Waals surface area contributed by atoms with Gasteiger partial charge in [-0.2, -0.15) is 0 Å². The lowest BCUT2D eigenvalue weighted by molar-refractivity contribution is -0.143. The third kappa shape index (κ3) is 27.1. The lowest BCUT2D eigenvalue weighted by Crippen LogP contribution is -2.16. The maximum atomic E-state index is 10.9. The SMILES string of the molecule is CC[C@@H]1C[C@@H](C)C[C@@H]1O.COC(=O)C1=CC[C@H](C)C1.COC(=O)C1C=C[C@H](C)C1.C[C@@H]1C[C@@H](CO)[C@@H](O)C1.C[C@@H]1C[C@@H](CO)[C@@H](O)C1.C[C@@H]1C[C@@H](CO)[C@H](O)C1.C[C@H]1CC=C(CO)C1.C[C@H]1C[C@@H]2O[C@]2(CO)C1.N[C@@H]1C[C@@H](CO)[C@@H](O)C1. The van der Waals surface area contributed by atoms with Crippen molar-refractivity contribution >= 4 is 11.9 Å². The molecule has 13 N–H and O–H groups in total. The zero-order valence-electron chi connectivity index (χ0n) is 52.4. The van der Waals surface area contributed by atoms with E-state index in [1.165, 1.54) is 26.2 Å². The van der Waals surface area contributed by atoms with Crippen molar-refractivity contribution in [2.75, 3.05) is 53.9 Å². The molecule has 1 heterocycles. The number of rotatable bonds is 9. The minimum absolute atomic E-state index is 0.00463. The van der Waals surface area contributed by atoms with Crippen molar-refractivity contribution < 1.29 is 80.0 Å². The Labute approximate surface area is 494 Å². The van der Waals surface area contributed by atoms with Crippen LogP contribution in [0.2, 0.25) is 0 Å². The van der Waals surface area contributed by atoms with Crippen LogP contribution in [0.1, 0.15) is 178 Å². The maximum absolute atomic E-state index is 10.9. The Morgan fingerprint density at radius 2 is 0.976 bits per heavy atom. The Kier molecular flexibility index (Phi) is 36.4. The highest BCUT2D eigenvalue weighted by Gasteiger charge is 2.61. The molecule has 1 aliphatic heterocycles. The van der Waals surface area contributed by atoms with Gasteiger partial charge in [-0.25, -0.2) is 4.79 Å². The lowest BCUT2D eigenvalue weighted by Gasteiger charge is -2.09. The van der Waals surface area contributed by atoms with Crippen LogP contribution in [0.4, 0.5) is 0 Å². The summed E-state index contributed by atoms with van der Waals surface area (Å²) in [4.78, 5) is 21.8. The predicted octanol–water partition coefficient (Wildman–Crippen LogP) is 6.81. The van der Waals surface area contributed by atoms with Crippen LogP contribution in [0.25, 0.3) is 0 Å². The number of fused-ring (bicyclic) bond motifs is 1. The second kappa shape index (κ2) is 39.4. The molecule has 10 aliphatic rings. The summed E-state index contributed by atoms with van der Waals surface area (Å²) in [5, 5.41) is 98.3. The fourth-order valence-electron chi connectivity index (χ4n) is 13.3. The van der Waals surface area contributed by atoms with Crippen molar-refractivity contribution in [1.82, 2.24) is 0 Å². The summed E-state index contributed by atoms with van der Waals surface area (Å²) in [6, 6.07) is 0.0946. The summed E-state index contributed by atoms with van der Waals surface area (Å²) in [6.45, 7) is 20.4. The van der Waals surface area contributed by atoms with Crippen LogP contribution in [0.15, 0.2) is 35.5 Å². The quantitative estimate of drug-likeness (QED) is 0.0641. The molecule has 0 aromatic rings. The number of ether oxygens (including phenoxy) is 3. The minimum atomic E-state index is -0.370. The molecular weight excluding hydrogens is 1050 g/mol. The van der Waals surface area contributed by atoms with Crippen LogP contribution < -0.4 is 5.73 Å². The van der Waals surface area contributed by atoms with Crippen molar-refractivity contribution in [1.29, 1.82) is 0 Å². The van der Waals surface area contributed by atoms with Crippen LogP contribution in [-0.2, 0) is 23.8 Å². The van der Waals surface area contributed by atoms with Crippen molar-refractivity contribution in [2.24, 2.45) is 88.6 Å². The fraction of sp³-hybridized carbons (Fsp3) is 0.877. The number of carbonyl (C=O) groups excluding carboxylic acids is 2. The first kappa shape index (κ1) is 75.7. The standard InChI is InChI=1S/2C8H12O2.C8H16O.C7H12O2.3C7H14O2.C7H12O.C6H13NO2/c2*1-6-3-4-7(5-6)8(9)10-2;1-3-7-4-6(2)5-8(7)9;1-5-2-6-7(3-5,4-8)9-6;3*1-5-2-6(4-8)7(9)3-5;1-6-2-3-7(4-6)5-8;7-5-1-4(3-8)6(9)2-5/h4,6H,3,5H2,1-2H3;3-4,6-7H,5H2,1-2H3;6-9H,3-5H2,1-2H3;5-6,8H,2-4H2,1H3;3*5-9H,2-4H2,1H3;3,6,8H,2,4-5H2,1H3;4-6,8-9H,1-3,7H2/t6-;6-,7?;6-,7-,8+;5-,6-,7-;2*5-,6+,7+;5-,6+,7-;6-;4-,5+,6-/m001011100/s1. The van der Waals surface area contributed by atoms with Gasteiger partial charge in [-0.3, -0.25) is 4.79 Å². The van der Waals surface area contributed by atoms with Gasteiger partial charge in [0.2, 0.25) is 0 Å². The first-order chi connectivity index (χ1) is 38.7. The molecule has 0 aromatic carbocycles. The molecule has 0 spiro atoms. The average molecular weight is 1170 g/mol. The molecule has 6 saturated carbocycles. The zero-order valence-corrected chi connectivity index (χ0v) is 52.4. The number of nitrogens with two attached hydrogens (primary N) is 1. The molecule has 1 saturated heterocycles. The van der Waals surface area contributed by atoms with E-state index >= 15 is 0 Å². The zero-order chi connectivity index (χ0) is 61.9. The summed E-state index contributed by atoms with van der Waals surface area (Å²) in [7, 11) is 2.85. The summed E-state index contributed by atoms with van der Waals surface area (Å²) in [5.41, 5.74) is 7.51. The molecule has 7 fully saturated rings. The molecule has 9 aliphatic carbocycles. The largest absolute Gasteiger partial charge is 0.469 e. The molecule has 0 amide bonds. The smallest absolute Gasteiger partial charge is 0.333 e. The van der Waals surface area contributed by atoms with Gasteiger partial charge in [0.15, 0.2) is 0 Å². The molecule has 0 aromatic heterocycles. The van der Waals surface area contributed by atoms with Crippen molar-refractivity contribution in [3.63, 3.8) is 0 Å². The first-order valence-electron chi connectivity index (χ1n) is 31.5. The van der Waals surface area contributed by atoms with E-state index in [0.717, 1.165) is 126 Å². The van der Waals surface area contributed by atoms with E-state index in [2.05, 4.69) is 83.9 Å². The number of aliphatic hydroxyl groups is 11. The second-order valence-electron chi connectivity index (χ2n) is 26.7. The van der Waals surface area contributed by atoms with E-state index in [-0.39, 0.29) is 123 Å². The molecule has 17 nitrogen and oxygen atoms in total. The van der Waals surface area contributed by atoms with Crippen LogP contribution in [0, 0.1) is 82.9 Å². The summed E-state index contributed by atoms with van der Waals surface area (Å²) in [6.07, 6.45) is 25.1. The highest BCUT2D eigenvalue weighted by Crippen LogP contribution is 2.52. The van der Waals surface area contributed by atoms with Crippen molar-refractivity contribution in [3.05, 3.63) is 35.5 Å². The van der Waals surface area contributed by atoms with Gasteiger partial charge in [-0.1, -0.05) is 93.0 Å². The van der Waals surface area contributed by atoms with Gasteiger partial charge in [0.25, 0.3) is 0 Å². The van der Waals surface area contributed by atoms with E-state index in [1.54, 1.807) is 0 Å². The Morgan fingerprint density at radius 3 is 1.20 bits per heavy atom. The van der Waals surface area contributed by atoms with E-state index < -0.39 is 0 Å². The number of esters is 2. The van der Waals surface area contributed by atoms with Crippen molar-refractivity contribution in [2.45, 2.75) is 226 Å². The molecule has 10 rings (SSSR count). The van der Waals surface area contributed by atoms with E-state index in [4.69, 9.17) is 46.2 Å². The Bertz CT molecular complexity index is 1700. The summed E-state index contributed by atoms with van der Waals surface area (Å²) >= 11 is 0. The third-order valence-electron chi connectivity index (χ3n) is 18.4. The van der Waals surface area contributed by atoms with Gasteiger partial charge in [-0.05, 0) is 168 Å². The highest BCUT2D eigenvalue weighted by molar-refractivity contribution is 5.88. The van der Waals surface area contributed by atoms with Crippen LogP contribution >= 0.6 is 0 Å². The molecule has 82 heavy (non-hydrogen) atoms. The van der Waals surface area contributed by atoms with Gasteiger partial charge >= 0.3 is 11.9 Å². The van der Waals surface area contributed by atoms with E-state index in [9.17, 15) is 30.0 Å². The van der Waals surface area contributed by atoms with Crippen LogP contribution in [0.3, 0.4) is 0 Å². The molecule has 17 heteroatoms. The number of carbonyl (C=O) groups is 2. The van der Waals surface area contributed by atoms with Crippen LogP contribution in [-0.4, -0.2) is 170 Å². The van der Waals surface area contributed by atoms with Gasteiger partial charge in [-0.15, -0.1) is 0 Å². The number of aliphatic hydroxyl groups excluding tert-OH is 11. The second-order valence-corrected chi connectivity index (χ2v) is 26.7. The van der Waals surface area contributed by atoms with Gasteiger partial charge < -0.3 is 76.1 Å². The molecule has 0 radical (unpaired) electrons. The molecule has 1 unspecified atom stereocenters. The summed E-state index contributed by atoms with van der Waals surface area (Å²) in [5.74, 6) is 6.05. The fourth-order valence-corrected chi connectivity index (χ4v) is 13.3. The highest BCUT2D eigenvalue weighted by atomic mass is 16.6. The third-order valence-corrected chi connectivity index (χ3v) is 18.4. The number of hydrogen-bond donors (Lipinski definition) is 12. The Hall–Kier alpha value is -2.36. The monoisotopic (exact) mass is 1170 g/mol. The lowest BCUT2D eigenvalue weighted by atomic mass is 10.0. The molecule has 480 valence electrons. The van der Waals surface area contributed by atoms with E-state index in [1.807, 2.05) is 12.2 Å². The number of methoxy groups -OCH3 is 2. The van der Waals surface area contributed by atoms with Gasteiger partial charge in [0.1, 0.15) is 5.60 Å². The maximum Gasteiger partial charge on any atom is 0.333 e. The number of allylic oxidation sites excluding steroid dienone is 3. The molecule has 22 atom stereocenters. The first-order valence-corrected chi connectivity index (χ1v) is 31.5. The Morgan fingerprint density at radius 1 is 0.537 bits per heavy atom. The van der Waals surface area contributed by atoms with Gasteiger partial charge in [0, 0.05) is 61.7 Å². The Balaban J connectivity index is 0.000000315. The van der Waals surface area contributed by atoms with Crippen LogP contribution in [0.5, 0.6) is 0 Å². The van der Waals surface area contributed by atoms with Crippen molar-refractivity contribution in [3.8, 4) is 0 Å². The summed E-state index contributed by atoms with van der Waals surface area (Å²) < 4.78 is 14.5. The topological polar surface area (TPSA) is 314 Å². The van der Waals surface area contributed by atoms with Gasteiger partial charge in [0.05, 0.1) is 70.0 Å². The minimum Gasteiger partial charge on any atom is -0.469 e. The molecular formula is C65H119NO16. The number of epoxide rings is 1.